The molecule has 0 spiro atoms. The smallest absolute Gasteiger partial charge is 0.160 e. The van der Waals surface area contributed by atoms with E-state index in [1.54, 1.807) is 0 Å². The highest BCUT2D eigenvalue weighted by atomic mass is 16.5. The monoisotopic (exact) mass is 461 g/mol. The van der Waals surface area contributed by atoms with Gasteiger partial charge < -0.3 is 15.0 Å². The number of aryl methyl sites for hydroxylation is 1. The van der Waals surface area contributed by atoms with E-state index in [4.69, 9.17) is 4.74 Å². The number of benzene rings is 3. The van der Waals surface area contributed by atoms with Gasteiger partial charge in [-0.1, -0.05) is 65.3 Å². The standard InChI is InChI=1S/C28H23N5O2/c1-17-9-11-18(12-10-17)16-35-20-6-4-5-19(13-20)27-22-14-29-28-26(22)25(24(15-30-34)32-33-28)21-7-2-3-8-23(21)31-27/h2-14,27,31H,15-16H2,1H3,(H,29,33). The van der Waals surface area contributed by atoms with Crippen molar-refractivity contribution in [2.24, 2.45) is 5.18 Å². The van der Waals surface area contributed by atoms with Crippen molar-refractivity contribution in [1.29, 1.82) is 0 Å². The average Bonchev–Trinajstić information content (AvgIpc) is 3.25. The molecule has 7 nitrogen and oxygen atoms in total. The Kier molecular flexibility index (Phi) is 5.22. The van der Waals surface area contributed by atoms with Gasteiger partial charge in [-0.2, -0.15) is 10.0 Å². The fourth-order valence-electron chi connectivity index (χ4n) is 4.72. The molecule has 1 unspecified atom stereocenters. The van der Waals surface area contributed by atoms with Crippen LogP contribution in [0.3, 0.4) is 0 Å². The lowest BCUT2D eigenvalue weighted by Gasteiger charge is -2.20. The van der Waals surface area contributed by atoms with Crippen LogP contribution in [0.15, 0.2) is 84.2 Å². The Labute approximate surface area is 202 Å². The summed E-state index contributed by atoms with van der Waals surface area (Å²) >= 11 is 0. The summed E-state index contributed by atoms with van der Waals surface area (Å²) in [5.74, 6) is 0.799. The van der Waals surface area contributed by atoms with E-state index in [9.17, 15) is 4.91 Å². The molecular weight excluding hydrogens is 438 g/mol. The molecule has 0 aliphatic carbocycles. The number of aromatic amines is 1. The lowest BCUT2D eigenvalue weighted by atomic mass is 9.96. The summed E-state index contributed by atoms with van der Waals surface area (Å²) in [6, 6.07) is 24.4. The molecular formula is C28H23N5O2. The van der Waals surface area contributed by atoms with E-state index in [1.807, 2.05) is 42.6 Å². The van der Waals surface area contributed by atoms with E-state index >= 15 is 0 Å². The minimum absolute atomic E-state index is 0.0375. The zero-order valence-corrected chi connectivity index (χ0v) is 19.2. The zero-order chi connectivity index (χ0) is 23.8. The van der Waals surface area contributed by atoms with E-state index < -0.39 is 0 Å². The molecule has 0 amide bonds. The molecule has 2 N–H and O–H groups in total. The number of hydrogen-bond donors (Lipinski definition) is 2. The quantitative estimate of drug-likeness (QED) is 0.290. The summed E-state index contributed by atoms with van der Waals surface area (Å²) in [5, 5.41) is 16.4. The van der Waals surface area contributed by atoms with Gasteiger partial charge in [-0.25, -0.2) is 0 Å². The number of hydrogen-bond acceptors (Lipinski definition) is 6. The van der Waals surface area contributed by atoms with E-state index in [2.05, 4.69) is 69.0 Å². The van der Waals surface area contributed by atoms with E-state index in [0.717, 1.165) is 44.6 Å². The lowest BCUT2D eigenvalue weighted by molar-refractivity contribution is 0.306. The number of H-pyrrole nitrogens is 1. The van der Waals surface area contributed by atoms with Crippen molar-refractivity contribution in [3.63, 3.8) is 0 Å². The summed E-state index contributed by atoms with van der Waals surface area (Å²) in [5.41, 5.74) is 8.51. The molecule has 1 aliphatic rings. The summed E-state index contributed by atoms with van der Waals surface area (Å²) in [6.45, 7) is 2.54. The number of fused-ring (bicyclic) bond motifs is 2. The maximum atomic E-state index is 11.2. The number of rotatable bonds is 6. The van der Waals surface area contributed by atoms with E-state index in [0.29, 0.717) is 17.9 Å². The largest absolute Gasteiger partial charge is 0.489 e. The average molecular weight is 462 g/mol. The van der Waals surface area contributed by atoms with Crippen LogP contribution in [-0.2, 0) is 13.2 Å². The fourth-order valence-corrected chi connectivity index (χ4v) is 4.72. The Morgan fingerprint density at radius 1 is 1.00 bits per heavy atom. The summed E-state index contributed by atoms with van der Waals surface area (Å²) in [7, 11) is 0. The molecule has 0 saturated carbocycles. The molecule has 0 bridgehead atoms. The Hall–Kier alpha value is -4.52. The van der Waals surface area contributed by atoms with Gasteiger partial charge in [-0.3, -0.25) is 0 Å². The molecule has 35 heavy (non-hydrogen) atoms. The number of ether oxygens (including phenoxy) is 1. The molecule has 1 atom stereocenters. The third-order valence-electron chi connectivity index (χ3n) is 6.44. The van der Waals surface area contributed by atoms with Crippen molar-refractivity contribution in [2.75, 3.05) is 5.32 Å². The van der Waals surface area contributed by atoms with Gasteiger partial charge in [0, 0.05) is 34.0 Å². The van der Waals surface area contributed by atoms with Gasteiger partial charge in [0.15, 0.2) is 5.65 Å². The molecule has 7 heteroatoms. The fraction of sp³-hybridized carbons (Fsp3) is 0.143. The number of nitrogens with one attached hydrogen (secondary N) is 2. The van der Waals surface area contributed by atoms with Crippen LogP contribution in [0.25, 0.3) is 22.2 Å². The Morgan fingerprint density at radius 2 is 1.86 bits per heavy atom. The van der Waals surface area contributed by atoms with Gasteiger partial charge in [0.25, 0.3) is 0 Å². The van der Waals surface area contributed by atoms with Gasteiger partial charge in [-0.05, 0) is 36.2 Å². The Bertz CT molecular complexity index is 1540. The van der Waals surface area contributed by atoms with Crippen molar-refractivity contribution in [3.8, 4) is 16.9 Å². The maximum Gasteiger partial charge on any atom is 0.160 e. The topological polar surface area (TPSA) is 92.3 Å². The summed E-state index contributed by atoms with van der Waals surface area (Å²) in [4.78, 5) is 14.4. The number of nitroso groups, excluding NO2 is 1. The first-order valence-corrected chi connectivity index (χ1v) is 11.5. The van der Waals surface area contributed by atoms with Crippen molar-refractivity contribution < 1.29 is 4.74 Å². The van der Waals surface area contributed by atoms with E-state index in [1.165, 1.54) is 5.56 Å². The lowest BCUT2D eigenvalue weighted by Crippen LogP contribution is -2.11. The molecule has 1 aliphatic heterocycles. The third kappa shape index (κ3) is 3.81. The molecule has 0 radical (unpaired) electrons. The third-order valence-corrected chi connectivity index (χ3v) is 6.44. The number of anilines is 1. The van der Waals surface area contributed by atoms with Crippen LogP contribution in [0.1, 0.15) is 34.0 Å². The molecule has 3 heterocycles. The number of aromatic nitrogens is 3. The van der Waals surface area contributed by atoms with Crippen LogP contribution in [0.4, 0.5) is 5.69 Å². The maximum absolute atomic E-state index is 11.2. The SMILES string of the molecule is Cc1ccc(COc2cccc(C3Nc4ccccc4-c4c(CN=O)nnc5[nH]cc3c45)c2)cc1. The highest BCUT2D eigenvalue weighted by Gasteiger charge is 2.28. The van der Waals surface area contributed by atoms with Crippen LogP contribution in [0.2, 0.25) is 0 Å². The highest BCUT2D eigenvalue weighted by Crippen LogP contribution is 2.45. The highest BCUT2D eigenvalue weighted by molar-refractivity contribution is 6.02. The Balaban J connectivity index is 1.43. The van der Waals surface area contributed by atoms with Crippen LogP contribution < -0.4 is 10.1 Å². The van der Waals surface area contributed by atoms with Gasteiger partial charge in [0.2, 0.25) is 0 Å². The van der Waals surface area contributed by atoms with Gasteiger partial charge in [-0.15, -0.1) is 5.10 Å². The first kappa shape index (κ1) is 21.0. The van der Waals surface area contributed by atoms with Gasteiger partial charge >= 0.3 is 0 Å². The van der Waals surface area contributed by atoms with Crippen LogP contribution in [0.5, 0.6) is 5.75 Å². The van der Waals surface area contributed by atoms with Crippen LogP contribution in [-0.4, -0.2) is 15.2 Å². The first-order chi connectivity index (χ1) is 17.2. The second kappa shape index (κ2) is 8.68. The molecule has 5 aromatic rings. The first-order valence-electron chi connectivity index (χ1n) is 11.5. The molecule has 0 fully saturated rings. The second-order valence-electron chi connectivity index (χ2n) is 8.75. The van der Waals surface area contributed by atoms with Crippen LogP contribution in [0, 0.1) is 11.8 Å². The predicted molar refractivity (Wildman–Crippen MR) is 136 cm³/mol. The molecule has 172 valence electrons. The minimum Gasteiger partial charge on any atom is -0.489 e. The number of para-hydroxylation sites is 1. The molecule has 0 saturated heterocycles. The van der Waals surface area contributed by atoms with Gasteiger partial charge in [0.1, 0.15) is 18.9 Å². The second-order valence-corrected chi connectivity index (χ2v) is 8.75. The normalized spacial score (nSPS) is 14.1. The van der Waals surface area contributed by atoms with Crippen molar-refractivity contribution >= 4 is 16.7 Å². The molecule has 3 aromatic carbocycles. The van der Waals surface area contributed by atoms with Crippen molar-refractivity contribution in [1.82, 2.24) is 15.2 Å². The molecule has 6 rings (SSSR count). The number of nitrogens with zero attached hydrogens (tertiary/aromatic N) is 3. The summed E-state index contributed by atoms with van der Waals surface area (Å²) in [6.07, 6.45) is 1.96. The zero-order valence-electron chi connectivity index (χ0n) is 19.2. The van der Waals surface area contributed by atoms with Crippen molar-refractivity contribution in [2.45, 2.75) is 26.1 Å². The van der Waals surface area contributed by atoms with Crippen LogP contribution >= 0.6 is 0 Å². The van der Waals surface area contributed by atoms with E-state index in [-0.39, 0.29) is 12.6 Å². The van der Waals surface area contributed by atoms with Gasteiger partial charge in [0.05, 0.1) is 11.7 Å². The van der Waals surface area contributed by atoms with Crippen molar-refractivity contribution in [3.05, 3.63) is 112 Å². The summed E-state index contributed by atoms with van der Waals surface area (Å²) < 4.78 is 6.13. The minimum atomic E-state index is -0.157. The predicted octanol–water partition coefficient (Wildman–Crippen LogP) is 6.29. The Morgan fingerprint density at radius 3 is 2.71 bits per heavy atom. The molecule has 2 aromatic heterocycles.